The van der Waals surface area contributed by atoms with Gasteiger partial charge in [-0.15, -0.1) is 0 Å². The largest absolute Gasteiger partial charge is 0.181 e. The van der Waals surface area contributed by atoms with E-state index >= 15 is 0 Å². The first-order chi connectivity index (χ1) is 9.35. The zero-order valence-electron chi connectivity index (χ0n) is 12.2. The normalized spacial score (nSPS) is 12.9. The Morgan fingerprint density at radius 3 is 2.16 bits per heavy atom. The lowest BCUT2D eigenvalue weighted by Gasteiger charge is -2.14. The molecule has 1 aromatic heterocycles. The molecule has 1 heterocycles. The molecule has 0 spiro atoms. The first kappa shape index (κ1) is 14.0. The van der Waals surface area contributed by atoms with Crippen LogP contribution in [0.25, 0.3) is 11.0 Å². The number of fused-ring (bicyclic) bond motifs is 1. The van der Waals surface area contributed by atoms with Crippen LogP contribution in [-0.4, -0.2) is 15.0 Å². The molecule has 3 heteroatoms. The van der Waals surface area contributed by atoms with E-state index in [2.05, 4.69) is 24.0 Å². The van der Waals surface area contributed by atoms with E-state index in [0.717, 1.165) is 11.0 Å². The fourth-order valence-electron chi connectivity index (χ4n) is 2.55. The van der Waals surface area contributed by atoms with Gasteiger partial charge in [-0.05, 0) is 25.0 Å². The van der Waals surface area contributed by atoms with Gasteiger partial charge < -0.3 is 0 Å². The molecule has 1 unspecified atom stereocenters. The first-order valence-corrected chi connectivity index (χ1v) is 7.66. The third kappa shape index (κ3) is 3.79. The van der Waals surface area contributed by atoms with E-state index in [-0.39, 0.29) is 0 Å². The monoisotopic (exact) mass is 259 g/mol. The van der Waals surface area contributed by atoms with E-state index < -0.39 is 0 Å². The molecule has 0 saturated carbocycles. The van der Waals surface area contributed by atoms with E-state index in [0.29, 0.717) is 6.04 Å². The maximum Gasteiger partial charge on any atom is 0.113 e. The van der Waals surface area contributed by atoms with Crippen molar-refractivity contribution >= 4 is 11.0 Å². The van der Waals surface area contributed by atoms with Crippen molar-refractivity contribution in [3.63, 3.8) is 0 Å². The van der Waals surface area contributed by atoms with Gasteiger partial charge in [0.25, 0.3) is 0 Å². The molecule has 0 radical (unpaired) electrons. The molecule has 1 aromatic carbocycles. The van der Waals surface area contributed by atoms with Crippen LogP contribution in [0.3, 0.4) is 0 Å². The summed E-state index contributed by atoms with van der Waals surface area (Å²) in [5.41, 5.74) is 2.02. The molecule has 0 bridgehead atoms. The number of unbranched alkanes of at least 4 members (excludes halogenated alkanes) is 3. The van der Waals surface area contributed by atoms with Crippen molar-refractivity contribution in [2.75, 3.05) is 0 Å². The molecular weight excluding hydrogens is 234 g/mol. The van der Waals surface area contributed by atoms with Crippen LogP contribution in [-0.2, 0) is 0 Å². The third-order valence-electron chi connectivity index (χ3n) is 3.64. The fourth-order valence-corrected chi connectivity index (χ4v) is 2.55. The summed E-state index contributed by atoms with van der Waals surface area (Å²) in [7, 11) is 0. The summed E-state index contributed by atoms with van der Waals surface area (Å²) in [6.45, 7) is 4.49. The van der Waals surface area contributed by atoms with Crippen molar-refractivity contribution in [1.29, 1.82) is 0 Å². The average molecular weight is 259 g/mol. The molecule has 1 atom stereocenters. The molecule has 0 aliphatic rings. The van der Waals surface area contributed by atoms with Crippen LogP contribution < -0.4 is 0 Å². The number of hydrogen-bond acceptors (Lipinski definition) is 2. The van der Waals surface area contributed by atoms with Crippen molar-refractivity contribution in [3.05, 3.63) is 24.3 Å². The summed E-state index contributed by atoms with van der Waals surface area (Å²) < 4.78 is 0. The van der Waals surface area contributed by atoms with Crippen molar-refractivity contribution < 1.29 is 0 Å². The minimum atomic E-state index is 0.467. The van der Waals surface area contributed by atoms with Gasteiger partial charge in [-0.25, -0.2) is 0 Å². The Bertz CT molecular complexity index is 456. The Morgan fingerprint density at radius 2 is 1.58 bits per heavy atom. The van der Waals surface area contributed by atoms with Gasteiger partial charge in [0.1, 0.15) is 11.0 Å². The Hall–Kier alpha value is -1.38. The average Bonchev–Trinajstić information content (AvgIpc) is 2.86. The standard InChI is InChI=1S/C16H25N3/c1-3-5-6-7-11-14(10-4-2)19-17-15-12-8-9-13-16(15)18-19/h8-9,12-14H,3-7,10-11H2,1-2H3. The quantitative estimate of drug-likeness (QED) is 0.641. The van der Waals surface area contributed by atoms with Crippen LogP contribution in [0.15, 0.2) is 24.3 Å². The SMILES string of the molecule is CCCCCCC(CCC)n1nc2ccccc2n1. The second kappa shape index (κ2) is 7.27. The van der Waals surface area contributed by atoms with E-state index in [4.69, 9.17) is 0 Å². The minimum Gasteiger partial charge on any atom is -0.181 e. The number of aromatic nitrogens is 3. The zero-order valence-corrected chi connectivity index (χ0v) is 12.2. The van der Waals surface area contributed by atoms with Crippen LogP contribution in [0.1, 0.15) is 64.8 Å². The van der Waals surface area contributed by atoms with Gasteiger partial charge in [0, 0.05) is 0 Å². The highest BCUT2D eigenvalue weighted by Crippen LogP contribution is 2.21. The number of benzene rings is 1. The highest BCUT2D eigenvalue weighted by Gasteiger charge is 2.13. The lowest BCUT2D eigenvalue weighted by atomic mass is 10.0. The maximum atomic E-state index is 4.64. The predicted octanol–water partition coefficient (Wildman–Crippen LogP) is 4.74. The summed E-state index contributed by atoms with van der Waals surface area (Å²) in [6.07, 6.45) is 8.82. The van der Waals surface area contributed by atoms with Crippen LogP contribution in [0.5, 0.6) is 0 Å². The molecule has 104 valence electrons. The molecule has 0 N–H and O–H groups in total. The maximum absolute atomic E-state index is 4.64. The highest BCUT2D eigenvalue weighted by molar-refractivity contribution is 5.72. The van der Waals surface area contributed by atoms with Crippen molar-refractivity contribution in [2.24, 2.45) is 0 Å². The van der Waals surface area contributed by atoms with Gasteiger partial charge in [-0.1, -0.05) is 58.1 Å². The van der Waals surface area contributed by atoms with Gasteiger partial charge in [0.15, 0.2) is 0 Å². The second-order valence-electron chi connectivity index (χ2n) is 5.30. The topological polar surface area (TPSA) is 30.7 Å². The van der Waals surface area contributed by atoms with Crippen LogP contribution in [0, 0.1) is 0 Å². The Balaban J connectivity index is 2.04. The fraction of sp³-hybridized carbons (Fsp3) is 0.625. The molecule has 0 amide bonds. The molecule has 0 fully saturated rings. The van der Waals surface area contributed by atoms with Crippen molar-refractivity contribution in [1.82, 2.24) is 15.0 Å². The summed E-state index contributed by atoms with van der Waals surface area (Å²) in [5.74, 6) is 0. The minimum absolute atomic E-state index is 0.467. The highest BCUT2D eigenvalue weighted by atomic mass is 15.5. The van der Waals surface area contributed by atoms with Gasteiger partial charge in [0.05, 0.1) is 6.04 Å². The zero-order chi connectivity index (χ0) is 13.5. The summed E-state index contributed by atoms with van der Waals surface area (Å²) >= 11 is 0. The number of hydrogen-bond donors (Lipinski definition) is 0. The Kier molecular flexibility index (Phi) is 5.37. The molecular formula is C16H25N3. The summed E-state index contributed by atoms with van der Waals surface area (Å²) in [6, 6.07) is 8.60. The van der Waals surface area contributed by atoms with Crippen molar-refractivity contribution in [2.45, 2.75) is 64.8 Å². The van der Waals surface area contributed by atoms with E-state index in [1.807, 2.05) is 29.1 Å². The molecule has 2 rings (SSSR count). The summed E-state index contributed by atoms with van der Waals surface area (Å²) in [5, 5.41) is 9.27. The molecule has 3 nitrogen and oxygen atoms in total. The van der Waals surface area contributed by atoms with Gasteiger partial charge in [-0.3, -0.25) is 0 Å². The van der Waals surface area contributed by atoms with Crippen molar-refractivity contribution in [3.8, 4) is 0 Å². The first-order valence-electron chi connectivity index (χ1n) is 7.66. The third-order valence-corrected chi connectivity index (χ3v) is 3.64. The van der Waals surface area contributed by atoms with E-state index in [9.17, 15) is 0 Å². The number of nitrogens with zero attached hydrogens (tertiary/aromatic N) is 3. The van der Waals surface area contributed by atoms with E-state index in [1.54, 1.807) is 0 Å². The predicted molar refractivity (Wildman–Crippen MR) is 80.2 cm³/mol. The molecule has 0 aliphatic carbocycles. The van der Waals surface area contributed by atoms with Gasteiger partial charge in [-0.2, -0.15) is 15.0 Å². The molecule has 19 heavy (non-hydrogen) atoms. The van der Waals surface area contributed by atoms with Crippen LogP contribution >= 0.6 is 0 Å². The summed E-state index contributed by atoms with van der Waals surface area (Å²) in [4.78, 5) is 1.96. The second-order valence-corrected chi connectivity index (χ2v) is 5.30. The lowest BCUT2D eigenvalue weighted by molar-refractivity contribution is 0.346. The van der Waals surface area contributed by atoms with Crippen LogP contribution in [0.4, 0.5) is 0 Å². The number of rotatable bonds is 8. The molecule has 0 aliphatic heterocycles. The Morgan fingerprint density at radius 1 is 0.895 bits per heavy atom. The van der Waals surface area contributed by atoms with Crippen LogP contribution in [0.2, 0.25) is 0 Å². The van der Waals surface area contributed by atoms with E-state index in [1.165, 1.54) is 44.9 Å². The van der Waals surface area contributed by atoms with Gasteiger partial charge in [0.2, 0.25) is 0 Å². The lowest BCUT2D eigenvalue weighted by Crippen LogP contribution is -2.12. The smallest absolute Gasteiger partial charge is 0.113 e. The van der Waals surface area contributed by atoms with Gasteiger partial charge >= 0.3 is 0 Å². The molecule has 0 saturated heterocycles. The molecule has 2 aromatic rings. The Labute approximate surface area is 116 Å².